The molecule has 1 fully saturated rings. The summed E-state index contributed by atoms with van der Waals surface area (Å²) >= 11 is 6.25. The molecule has 1 aromatic carbocycles. The van der Waals surface area contributed by atoms with E-state index in [1.54, 1.807) is 16.8 Å². The normalized spacial score (nSPS) is 24.0. The summed E-state index contributed by atoms with van der Waals surface area (Å²) < 4.78 is 23.3. The molecule has 1 aliphatic heterocycles. The summed E-state index contributed by atoms with van der Waals surface area (Å²) in [5, 5.41) is 21.7. The number of rotatable bonds is 8. The second-order valence-corrected chi connectivity index (χ2v) is 10.1. The lowest BCUT2D eigenvalue weighted by Crippen LogP contribution is -2.33. The van der Waals surface area contributed by atoms with Crippen LogP contribution in [0.2, 0.25) is 5.28 Å². The van der Waals surface area contributed by atoms with E-state index in [4.69, 9.17) is 30.9 Å². The average molecular weight is 513 g/mol. The number of hydrogen-bond acceptors (Lipinski definition) is 8. The monoisotopic (exact) mass is 512 g/mol. The highest BCUT2D eigenvalue weighted by Crippen LogP contribution is 2.37. The maximum atomic E-state index is 11.0. The van der Waals surface area contributed by atoms with Gasteiger partial charge in [-0.1, -0.05) is 30.3 Å². The van der Waals surface area contributed by atoms with Crippen molar-refractivity contribution in [2.24, 2.45) is 0 Å². The molecule has 2 aromatic heterocycles. The molecule has 0 saturated carbocycles. The molecular formula is C21H26ClN4O7P. The maximum Gasteiger partial charge on any atom is 0.350 e. The third kappa shape index (κ3) is 5.12. The zero-order valence-electron chi connectivity index (χ0n) is 18.5. The molecule has 1 unspecified atom stereocenters. The number of benzene rings is 1. The molecule has 4 rings (SSSR count). The molecule has 0 spiro atoms. The Morgan fingerprint density at radius 1 is 1.21 bits per heavy atom. The maximum absolute atomic E-state index is 11.0. The van der Waals surface area contributed by atoms with Gasteiger partial charge in [0.2, 0.25) is 5.28 Å². The lowest BCUT2D eigenvalue weighted by atomic mass is 10.1. The van der Waals surface area contributed by atoms with Crippen molar-refractivity contribution in [1.82, 2.24) is 14.5 Å². The van der Waals surface area contributed by atoms with Crippen LogP contribution in [0.1, 0.15) is 24.8 Å². The molecule has 13 heteroatoms. The van der Waals surface area contributed by atoms with Crippen molar-refractivity contribution in [3.8, 4) is 0 Å². The summed E-state index contributed by atoms with van der Waals surface area (Å²) in [6, 6.07) is 11.7. The summed E-state index contributed by atoms with van der Waals surface area (Å²) in [7, 11) is -2.47. The molecule has 5 atom stereocenters. The topological polar surface area (TPSA) is 150 Å². The molecule has 11 nitrogen and oxygen atoms in total. The van der Waals surface area contributed by atoms with E-state index in [0.717, 1.165) is 5.56 Å². The van der Waals surface area contributed by atoms with Gasteiger partial charge in [0.05, 0.1) is 18.0 Å². The quantitative estimate of drug-likeness (QED) is 0.261. The zero-order chi connectivity index (χ0) is 24.6. The van der Waals surface area contributed by atoms with Gasteiger partial charge in [-0.2, -0.15) is 9.97 Å². The summed E-state index contributed by atoms with van der Waals surface area (Å²) in [6.45, 7) is 1.73. The molecule has 3 aromatic rings. The van der Waals surface area contributed by atoms with Crippen LogP contribution in [0, 0.1) is 0 Å². The average Bonchev–Trinajstić information content (AvgIpc) is 3.33. The molecule has 1 saturated heterocycles. The Morgan fingerprint density at radius 2 is 1.91 bits per heavy atom. The predicted molar refractivity (Wildman–Crippen MR) is 125 cm³/mol. The van der Waals surface area contributed by atoms with Crippen LogP contribution in [-0.2, 0) is 14.0 Å². The second kappa shape index (κ2) is 9.88. The number of fused-ring (bicyclic) bond motifs is 1. The van der Waals surface area contributed by atoms with E-state index in [9.17, 15) is 14.8 Å². The van der Waals surface area contributed by atoms with Crippen molar-refractivity contribution in [3.63, 3.8) is 0 Å². The molecule has 0 radical (unpaired) electrons. The largest absolute Gasteiger partial charge is 0.387 e. The Kier molecular flexibility index (Phi) is 7.28. The van der Waals surface area contributed by atoms with Crippen LogP contribution in [0.3, 0.4) is 0 Å². The number of halogens is 1. The highest BCUT2D eigenvalue weighted by molar-refractivity contribution is 7.51. The fraction of sp³-hybridized carbons (Fsp3) is 0.429. The number of anilines is 1. The van der Waals surface area contributed by atoms with Gasteiger partial charge in [0, 0.05) is 13.2 Å². The van der Waals surface area contributed by atoms with E-state index in [1.165, 1.54) is 0 Å². The van der Waals surface area contributed by atoms with Gasteiger partial charge in [0.1, 0.15) is 36.1 Å². The van der Waals surface area contributed by atoms with Gasteiger partial charge in [-0.25, -0.2) is 0 Å². The van der Waals surface area contributed by atoms with Crippen molar-refractivity contribution < 1.29 is 34.0 Å². The molecule has 1 aliphatic rings. The van der Waals surface area contributed by atoms with E-state index in [-0.39, 0.29) is 17.9 Å². The van der Waals surface area contributed by atoms with Crippen molar-refractivity contribution in [3.05, 3.63) is 53.4 Å². The van der Waals surface area contributed by atoms with E-state index in [1.807, 2.05) is 49.2 Å². The Hall–Kier alpha value is -2.08. The summed E-state index contributed by atoms with van der Waals surface area (Å²) in [6.07, 6.45) is -3.85. The number of hydrogen-bond donors (Lipinski definition) is 4. The van der Waals surface area contributed by atoms with Crippen molar-refractivity contribution in [2.45, 2.75) is 37.5 Å². The fourth-order valence-electron chi connectivity index (χ4n) is 3.99. The van der Waals surface area contributed by atoms with E-state index < -0.39 is 38.5 Å². The van der Waals surface area contributed by atoms with Crippen LogP contribution in [0.5, 0.6) is 0 Å². The van der Waals surface area contributed by atoms with Crippen molar-refractivity contribution in [1.29, 1.82) is 0 Å². The van der Waals surface area contributed by atoms with Crippen LogP contribution in [0.4, 0.5) is 5.82 Å². The minimum Gasteiger partial charge on any atom is -0.387 e. The SMILES string of the molecule is CC(c1ccccc1)N(C)c1nc(Cl)nc2c1ccn2[C@@H]1O[C@H](COCP(=O)(O)O)[C@@H](O)[C@H]1O. The number of aliphatic hydroxyl groups excluding tert-OH is 2. The molecule has 3 heterocycles. The van der Waals surface area contributed by atoms with Crippen LogP contribution < -0.4 is 4.90 Å². The van der Waals surface area contributed by atoms with Crippen LogP contribution in [0.15, 0.2) is 42.6 Å². The van der Waals surface area contributed by atoms with Gasteiger partial charge >= 0.3 is 7.60 Å². The number of nitrogens with zero attached hydrogens (tertiary/aromatic N) is 4. The fourth-order valence-corrected chi connectivity index (χ4v) is 4.49. The molecular weight excluding hydrogens is 487 g/mol. The van der Waals surface area contributed by atoms with Crippen LogP contribution in [0.25, 0.3) is 11.0 Å². The van der Waals surface area contributed by atoms with Gasteiger partial charge in [-0.15, -0.1) is 0 Å². The summed E-state index contributed by atoms with van der Waals surface area (Å²) in [4.78, 5) is 28.6. The van der Waals surface area contributed by atoms with Gasteiger partial charge in [0.25, 0.3) is 0 Å². The Labute approximate surface area is 200 Å². The van der Waals surface area contributed by atoms with Crippen LogP contribution in [-0.4, -0.2) is 72.8 Å². The lowest BCUT2D eigenvalue weighted by Gasteiger charge is -2.27. The van der Waals surface area contributed by atoms with E-state index >= 15 is 0 Å². The Balaban J connectivity index is 1.61. The second-order valence-electron chi connectivity index (χ2n) is 8.18. The molecule has 4 N–H and O–H groups in total. The molecule has 0 aliphatic carbocycles. The first-order valence-corrected chi connectivity index (χ1v) is 12.7. The smallest absolute Gasteiger partial charge is 0.350 e. The van der Waals surface area contributed by atoms with Gasteiger partial charge in [0.15, 0.2) is 6.23 Å². The van der Waals surface area contributed by atoms with E-state index in [2.05, 4.69) is 9.97 Å². The molecule has 184 valence electrons. The highest BCUT2D eigenvalue weighted by Gasteiger charge is 2.44. The summed E-state index contributed by atoms with van der Waals surface area (Å²) in [5.74, 6) is 0.583. The Morgan fingerprint density at radius 3 is 2.59 bits per heavy atom. The van der Waals surface area contributed by atoms with E-state index in [0.29, 0.717) is 16.9 Å². The minimum absolute atomic E-state index is 0.00382. The standard InChI is InChI=1S/C21H26ClN4O7P/c1-12(13-6-4-3-5-7-13)25(2)18-14-8-9-26(19(14)24-21(22)23-18)20-17(28)16(27)15(33-20)10-32-11-34(29,30)31/h3-9,12,15-17,20,27-28H,10-11H2,1-2H3,(H2,29,30,31)/t12?,15-,16-,17-,20-/m1/s1. The third-order valence-corrected chi connectivity index (χ3v) is 6.56. The third-order valence-electron chi connectivity index (χ3n) is 5.87. The first kappa shape index (κ1) is 25.0. The first-order valence-electron chi connectivity index (χ1n) is 10.5. The molecule has 0 amide bonds. The minimum atomic E-state index is -4.37. The zero-order valence-corrected chi connectivity index (χ0v) is 20.1. The predicted octanol–water partition coefficient (Wildman–Crippen LogP) is 2.05. The number of ether oxygens (including phenoxy) is 2. The highest BCUT2D eigenvalue weighted by atomic mass is 35.5. The van der Waals surface area contributed by atoms with Crippen molar-refractivity contribution in [2.75, 3.05) is 24.9 Å². The number of aliphatic hydroxyl groups is 2. The van der Waals surface area contributed by atoms with Crippen molar-refractivity contribution >= 4 is 36.0 Å². The molecule has 34 heavy (non-hydrogen) atoms. The summed E-state index contributed by atoms with van der Waals surface area (Å²) in [5.41, 5.74) is 1.48. The number of aromatic nitrogens is 3. The Bertz CT molecular complexity index is 1190. The van der Waals surface area contributed by atoms with Crippen LogP contribution >= 0.6 is 19.2 Å². The molecule has 0 bridgehead atoms. The van der Waals surface area contributed by atoms with Gasteiger partial charge in [-0.05, 0) is 30.2 Å². The first-order chi connectivity index (χ1) is 16.1. The lowest BCUT2D eigenvalue weighted by molar-refractivity contribution is -0.0610. The van der Waals surface area contributed by atoms with Gasteiger partial charge < -0.3 is 38.9 Å². The van der Waals surface area contributed by atoms with Gasteiger partial charge in [-0.3, -0.25) is 4.57 Å².